The molecular formula is C20H20ClN3O3S. The molecule has 1 amide bonds. The first kappa shape index (κ1) is 20.2. The van der Waals surface area contributed by atoms with Crippen molar-refractivity contribution in [3.63, 3.8) is 0 Å². The number of rotatable bonds is 7. The van der Waals surface area contributed by atoms with E-state index in [1.807, 2.05) is 17.6 Å². The van der Waals surface area contributed by atoms with Crippen LogP contribution in [0, 0.1) is 0 Å². The first-order valence-electron chi connectivity index (χ1n) is 8.87. The number of thioether (sulfide) groups is 1. The molecule has 28 heavy (non-hydrogen) atoms. The minimum absolute atomic E-state index is 0.130. The van der Waals surface area contributed by atoms with Gasteiger partial charge in [0.1, 0.15) is 0 Å². The van der Waals surface area contributed by atoms with Crippen LogP contribution in [0.25, 0.3) is 11.0 Å². The van der Waals surface area contributed by atoms with Gasteiger partial charge >= 0.3 is 5.97 Å². The van der Waals surface area contributed by atoms with Gasteiger partial charge in [-0.05, 0) is 56.3 Å². The van der Waals surface area contributed by atoms with Crippen LogP contribution >= 0.6 is 23.4 Å². The number of nitrogens with zero attached hydrogens (tertiary/aromatic N) is 2. The standard InChI is InChI=1S/C20H20ClN3O3S/c1-3-24-17-10-5-13(19(26)27-4-2)11-16(17)23-20(24)28-12-18(25)22-15-8-6-14(21)7-9-15/h5-11H,3-4,12H2,1-2H3,(H,22,25). The van der Waals surface area contributed by atoms with E-state index in [1.165, 1.54) is 11.8 Å². The lowest BCUT2D eigenvalue weighted by atomic mass is 10.2. The van der Waals surface area contributed by atoms with Crippen LogP contribution in [0.4, 0.5) is 5.69 Å². The lowest BCUT2D eigenvalue weighted by Gasteiger charge is -2.07. The summed E-state index contributed by atoms with van der Waals surface area (Å²) in [4.78, 5) is 28.8. The van der Waals surface area contributed by atoms with Gasteiger partial charge in [0.15, 0.2) is 5.16 Å². The van der Waals surface area contributed by atoms with E-state index < -0.39 is 0 Å². The Balaban J connectivity index is 1.73. The van der Waals surface area contributed by atoms with Crippen LogP contribution < -0.4 is 5.32 Å². The number of anilines is 1. The molecule has 1 heterocycles. The molecule has 3 aromatic rings. The van der Waals surface area contributed by atoms with Crippen LogP contribution in [0.15, 0.2) is 47.6 Å². The van der Waals surface area contributed by atoms with E-state index in [1.54, 1.807) is 43.3 Å². The third-order valence-corrected chi connectivity index (χ3v) is 5.23. The average Bonchev–Trinajstić information content (AvgIpc) is 3.05. The number of carbonyl (C=O) groups excluding carboxylic acids is 2. The highest BCUT2D eigenvalue weighted by atomic mass is 35.5. The van der Waals surface area contributed by atoms with Crippen LogP contribution in [0.5, 0.6) is 0 Å². The molecule has 0 fully saturated rings. The van der Waals surface area contributed by atoms with Crippen molar-refractivity contribution in [1.29, 1.82) is 0 Å². The van der Waals surface area contributed by atoms with Gasteiger partial charge in [0, 0.05) is 17.3 Å². The number of aromatic nitrogens is 2. The van der Waals surface area contributed by atoms with E-state index in [2.05, 4.69) is 10.3 Å². The smallest absolute Gasteiger partial charge is 0.338 e. The molecule has 0 aliphatic rings. The third kappa shape index (κ3) is 4.66. The highest BCUT2D eigenvalue weighted by Gasteiger charge is 2.15. The maximum atomic E-state index is 12.2. The summed E-state index contributed by atoms with van der Waals surface area (Å²) in [6.07, 6.45) is 0. The van der Waals surface area contributed by atoms with Crippen molar-refractivity contribution >= 4 is 52.0 Å². The maximum Gasteiger partial charge on any atom is 0.338 e. The van der Waals surface area contributed by atoms with Gasteiger partial charge < -0.3 is 14.6 Å². The Morgan fingerprint density at radius 3 is 2.61 bits per heavy atom. The summed E-state index contributed by atoms with van der Waals surface area (Å²) in [7, 11) is 0. The van der Waals surface area contributed by atoms with Gasteiger partial charge in [-0.3, -0.25) is 4.79 Å². The lowest BCUT2D eigenvalue weighted by molar-refractivity contribution is -0.113. The molecule has 3 rings (SSSR count). The van der Waals surface area contributed by atoms with E-state index >= 15 is 0 Å². The van der Waals surface area contributed by atoms with E-state index in [0.29, 0.717) is 34.9 Å². The van der Waals surface area contributed by atoms with E-state index in [4.69, 9.17) is 16.3 Å². The number of hydrogen-bond donors (Lipinski definition) is 1. The zero-order valence-corrected chi connectivity index (χ0v) is 17.1. The molecule has 0 saturated heterocycles. The van der Waals surface area contributed by atoms with Crippen molar-refractivity contribution in [3.05, 3.63) is 53.1 Å². The van der Waals surface area contributed by atoms with Gasteiger partial charge in [-0.25, -0.2) is 9.78 Å². The molecule has 6 nitrogen and oxygen atoms in total. The molecular weight excluding hydrogens is 398 g/mol. The van der Waals surface area contributed by atoms with Gasteiger partial charge in [-0.1, -0.05) is 23.4 Å². The number of fused-ring (bicyclic) bond motifs is 1. The number of amides is 1. The topological polar surface area (TPSA) is 73.2 Å². The number of nitrogens with one attached hydrogen (secondary N) is 1. The number of halogens is 1. The summed E-state index contributed by atoms with van der Waals surface area (Å²) in [6, 6.07) is 12.3. The molecule has 0 radical (unpaired) electrons. The second kappa shape index (κ2) is 9.12. The number of esters is 1. The Labute approximate surface area is 172 Å². The molecule has 0 aliphatic carbocycles. The summed E-state index contributed by atoms with van der Waals surface area (Å²) in [6.45, 7) is 4.81. The quantitative estimate of drug-likeness (QED) is 0.448. The number of hydrogen-bond acceptors (Lipinski definition) is 5. The monoisotopic (exact) mass is 417 g/mol. The SMILES string of the molecule is CCOC(=O)c1ccc2c(c1)nc(SCC(=O)Nc1ccc(Cl)cc1)n2CC. The molecule has 146 valence electrons. The predicted molar refractivity (Wildman–Crippen MR) is 112 cm³/mol. The average molecular weight is 418 g/mol. The van der Waals surface area contributed by atoms with Crippen molar-refractivity contribution in [2.75, 3.05) is 17.7 Å². The Morgan fingerprint density at radius 1 is 1.18 bits per heavy atom. The Bertz CT molecular complexity index is 1000. The minimum atomic E-state index is -0.369. The third-order valence-electron chi connectivity index (χ3n) is 4.00. The molecule has 8 heteroatoms. The fourth-order valence-electron chi connectivity index (χ4n) is 2.73. The molecule has 0 saturated carbocycles. The molecule has 2 aromatic carbocycles. The van der Waals surface area contributed by atoms with E-state index in [9.17, 15) is 9.59 Å². The number of benzene rings is 2. The second-order valence-electron chi connectivity index (χ2n) is 5.91. The van der Waals surface area contributed by atoms with Crippen LogP contribution in [0.2, 0.25) is 5.02 Å². The zero-order valence-electron chi connectivity index (χ0n) is 15.6. The number of carbonyl (C=O) groups is 2. The van der Waals surface area contributed by atoms with Crippen LogP contribution in [0.1, 0.15) is 24.2 Å². The number of aryl methyl sites for hydroxylation is 1. The van der Waals surface area contributed by atoms with Gasteiger partial charge in [-0.15, -0.1) is 0 Å². The Morgan fingerprint density at radius 2 is 1.93 bits per heavy atom. The summed E-state index contributed by atoms with van der Waals surface area (Å²) in [5.74, 6) is -0.280. The molecule has 1 aromatic heterocycles. The summed E-state index contributed by atoms with van der Waals surface area (Å²) >= 11 is 7.20. The van der Waals surface area contributed by atoms with Crippen molar-refractivity contribution in [2.24, 2.45) is 0 Å². The lowest BCUT2D eigenvalue weighted by Crippen LogP contribution is -2.14. The molecule has 0 bridgehead atoms. The Hall–Kier alpha value is -2.51. The van der Waals surface area contributed by atoms with E-state index in [-0.39, 0.29) is 17.6 Å². The fourth-order valence-corrected chi connectivity index (χ4v) is 3.73. The molecule has 0 atom stereocenters. The highest BCUT2D eigenvalue weighted by Crippen LogP contribution is 2.25. The van der Waals surface area contributed by atoms with Crippen LogP contribution in [-0.2, 0) is 16.1 Å². The molecule has 0 spiro atoms. The van der Waals surface area contributed by atoms with Gasteiger partial charge in [0.25, 0.3) is 0 Å². The summed E-state index contributed by atoms with van der Waals surface area (Å²) < 4.78 is 7.06. The molecule has 0 unspecified atom stereocenters. The summed E-state index contributed by atoms with van der Waals surface area (Å²) in [5.41, 5.74) is 2.77. The van der Waals surface area contributed by atoms with Gasteiger partial charge in [0.05, 0.1) is 29.0 Å². The second-order valence-corrected chi connectivity index (χ2v) is 7.29. The molecule has 1 N–H and O–H groups in total. The minimum Gasteiger partial charge on any atom is -0.462 e. The van der Waals surface area contributed by atoms with E-state index in [0.717, 1.165) is 10.7 Å². The van der Waals surface area contributed by atoms with Crippen molar-refractivity contribution < 1.29 is 14.3 Å². The largest absolute Gasteiger partial charge is 0.462 e. The maximum absolute atomic E-state index is 12.2. The van der Waals surface area contributed by atoms with Gasteiger partial charge in [-0.2, -0.15) is 0 Å². The van der Waals surface area contributed by atoms with Crippen LogP contribution in [-0.4, -0.2) is 33.8 Å². The Kier molecular flexibility index (Phi) is 6.59. The normalized spacial score (nSPS) is 10.8. The number of imidazole rings is 1. The predicted octanol–water partition coefficient (Wildman–Crippen LogP) is 4.62. The first-order valence-corrected chi connectivity index (χ1v) is 10.2. The van der Waals surface area contributed by atoms with Gasteiger partial charge in [0.2, 0.25) is 5.91 Å². The summed E-state index contributed by atoms with van der Waals surface area (Å²) in [5, 5.41) is 4.18. The van der Waals surface area contributed by atoms with Crippen molar-refractivity contribution in [2.45, 2.75) is 25.5 Å². The van der Waals surface area contributed by atoms with Crippen molar-refractivity contribution in [3.8, 4) is 0 Å². The number of ether oxygens (including phenoxy) is 1. The molecule has 0 aliphatic heterocycles. The first-order chi connectivity index (χ1) is 13.5. The van der Waals surface area contributed by atoms with Crippen molar-refractivity contribution in [1.82, 2.24) is 9.55 Å². The van der Waals surface area contributed by atoms with Crippen LogP contribution in [0.3, 0.4) is 0 Å². The zero-order chi connectivity index (χ0) is 20.1. The highest BCUT2D eigenvalue weighted by molar-refractivity contribution is 7.99. The fraction of sp³-hybridized carbons (Fsp3) is 0.250.